The largest absolute Gasteiger partial charge is 0.303 e. The van der Waals surface area contributed by atoms with E-state index < -0.39 is 0 Å². The molecule has 0 amide bonds. The van der Waals surface area contributed by atoms with Crippen molar-refractivity contribution < 1.29 is 0 Å². The molecule has 3 aromatic rings. The highest BCUT2D eigenvalue weighted by Gasteiger charge is 2.15. The van der Waals surface area contributed by atoms with Crippen LogP contribution in [0.1, 0.15) is 47.9 Å². The van der Waals surface area contributed by atoms with Gasteiger partial charge >= 0.3 is 0 Å². The first-order valence-corrected chi connectivity index (χ1v) is 12.8. The fourth-order valence-electron chi connectivity index (χ4n) is 4.44. The maximum Gasteiger partial charge on any atom is 0.272 e. The van der Waals surface area contributed by atoms with E-state index in [1.165, 1.54) is 65.9 Å². The highest BCUT2D eigenvalue weighted by atomic mass is 32.2. The fraction of sp³-hybridized carbons (Fsp3) is 0.500. The van der Waals surface area contributed by atoms with Crippen molar-refractivity contribution in [2.75, 3.05) is 19.6 Å². The number of likely N-dealkylation sites (tertiary alicyclic amines) is 1. The maximum atomic E-state index is 13.2. The SMILES string of the molecule is Cc1cc(C)c(CSc2nc3ccsc3c(=O)n2CCCN2CCCCC2)c(C)c1. The summed E-state index contributed by atoms with van der Waals surface area (Å²) in [5.41, 5.74) is 6.23. The van der Waals surface area contributed by atoms with Crippen molar-refractivity contribution in [2.24, 2.45) is 0 Å². The second-order valence-electron chi connectivity index (χ2n) is 8.41. The molecule has 4 rings (SSSR count). The molecule has 2 aromatic heterocycles. The van der Waals surface area contributed by atoms with Gasteiger partial charge in [-0.1, -0.05) is 35.9 Å². The zero-order valence-corrected chi connectivity index (χ0v) is 19.9. The summed E-state index contributed by atoms with van der Waals surface area (Å²) in [6.45, 7) is 10.7. The van der Waals surface area contributed by atoms with Gasteiger partial charge in [-0.05, 0) is 87.8 Å². The quantitative estimate of drug-likeness (QED) is 0.356. The van der Waals surface area contributed by atoms with E-state index in [9.17, 15) is 4.79 Å². The number of nitrogens with zero attached hydrogens (tertiary/aromatic N) is 3. The first-order valence-electron chi connectivity index (χ1n) is 10.9. The molecule has 0 bridgehead atoms. The molecule has 1 aliphatic heterocycles. The van der Waals surface area contributed by atoms with Crippen molar-refractivity contribution in [3.63, 3.8) is 0 Å². The zero-order chi connectivity index (χ0) is 21.1. The predicted molar refractivity (Wildman–Crippen MR) is 129 cm³/mol. The lowest BCUT2D eigenvalue weighted by molar-refractivity contribution is 0.221. The van der Waals surface area contributed by atoms with Crippen molar-refractivity contribution in [2.45, 2.75) is 63.9 Å². The lowest BCUT2D eigenvalue weighted by atomic mass is 10.0. The Hall–Kier alpha value is -1.63. The summed E-state index contributed by atoms with van der Waals surface area (Å²) in [6.07, 6.45) is 4.96. The standard InChI is InChI=1S/C24H31N3OS2/c1-17-14-18(2)20(19(3)15-17)16-30-24-25-21-8-13-29-22(21)23(28)27(24)12-7-11-26-9-5-4-6-10-26/h8,13-15H,4-7,9-12,16H2,1-3H3. The number of fused-ring (bicyclic) bond motifs is 1. The van der Waals surface area contributed by atoms with Crippen LogP contribution in [0.5, 0.6) is 0 Å². The minimum absolute atomic E-state index is 0.119. The molecular weight excluding hydrogens is 410 g/mol. The Labute approximate surface area is 187 Å². The number of aryl methyl sites for hydroxylation is 3. The Morgan fingerprint density at radius 2 is 1.80 bits per heavy atom. The molecule has 1 aromatic carbocycles. The number of hydrogen-bond donors (Lipinski definition) is 0. The second kappa shape index (κ2) is 9.67. The highest BCUT2D eigenvalue weighted by molar-refractivity contribution is 7.98. The number of benzene rings is 1. The smallest absolute Gasteiger partial charge is 0.272 e. The van der Waals surface area contributed by atoms with E-state index in [2.05, 4.69) is 37.8 Å². The van der Waals surface area contributed by atoms with Gasteiger partial charge in [0.2, 0.25) is 0 Å². The van der Waals surface area contributed by atoms with Gasteiger partial charge in [-0.25, -0.2) is 4.98 Å². The third-order valence-electron chi connectivity index (χ3n) is 6.02. The number of piperidine rings is 1. The molecule has 1 fully saturated rings. The van der Waals surface area contributed by atoms with Crippen LogP contribution in [-0.2, 0) is 12.3 Å². The average Bonchev–Trinajstić information content (AvgIpc) is 3.19. The van der Waals surface area contributed by atoms with E-state index in [1.807, 2.05) is 16.0 Å². The summed E-state index contributed by atoms with van der Waals surface area (Å²) in [7, 11) is 0. The van der Waals surface area contributed by atoms with E-state index in [1.54, 1.807) is 11.8 Å². The molecule has 0 aliphatic carbocycles. The van der Waals surface area contributed by atoms with E-state index in [-0.39, 0.29) is 5.56 Å². The van der Waals surface area contributed by atoms with Crippen LogP contribution in [0.2, 0.25) is 0 Å². The van der Waals surface area contributed by atoms with Gasteiger partial charge in [0.05, 0.1) is 5.52 Å². The molecule has 6 heteroatoms. The van der Waals surface area contributed by atoms with Gasteiger partial charge in [0, 0.05) is 12.3 Å². The lowest BCUT2D eigenvalue weighted by Gasteiger charge is -2.26. The van der Waals surface area contributed by atoms with Crippen molar-refractivity contribution in [1.29, 1.82) is 0 Å². The molecule has 0 saturated carbocycles. The van der Waals surface area contributed by atoms with Gasteiger partial charge in [0.1, 0.15) is 4.70 Å². The van der Waals surface area contributed by atoms with Crippen LogP contribution in [-0.4, -0.2) is 34.1 Å². The van der Waals surface area contributed by atoms with Gasteiger partial charge in [0.25, 0.3) is 5.56 Å². The molecule has 0 spiro atoms. The molecule has 1 aliphatic rings. The van der Waals surface area contributed by atoms with Crippen LogP contribution >= 0.6 is 23.1 Å². The van der Waals surface area contributed by atoms with Crippen LogP contribution < -0.4 is 5.56 Å². The average molecular weight is 442 g/mol. The highest BCUT2D eigenvalue weighted by Crippen LogP contribution is 2.27. The zero-order valence-electron chi connectivity index (χ0n) is 18.2. The number of rotatable bonds is 7. The van der Waals surface area contributed by atoms with E-state index >= 15 is 0 Å². The number of thioether (sulfide) groups is 1. The minimum atomic E-state index is 0.119. The van der Waals surface area contributed by atoms with E-state index in [0.717, 1.165) is 40.6 Å². The number of hydrogen-bond acceptors (Lipinski definition) is 5. The topological polar surface area (TPSA) is 38.1 Å². The molecule has 0 unspecified atom stereocenters. The summed E-state index contributed by atoms with van der Waals surface area (Å²) in [4.78, 5) is 20.6. The normalized spacial score (nSPS) is 15.2. The molecule has 160 valence electrons. The maximum absolute atomic E-state index is 13.2. The third kappa shape index (κ3) is 4.82. The van der Waals surface area contributed by atoms with Crippen LogP contribution in [0.3, 0.4) is 0 Å². The molecule has 0 radical (unpaired) electrons. The number of thiophene rings is 1. The summed E-state index contributed by atoms with van der Waals surface area (Å²) < 4.78 is 2.70. The predicted octanol–water partition coefficient (Wildman–Crippen LogP) is 5.55. The van der Waals surface area contributed by atoms with Crippen molar-refractivity contribution >= 4 is 33.3 Å². The summed E-state index contributed by atoms with van der Waals surface area (Å²) in [5.74, 6) is 0.839. The Bertz CT molecular complexity index is 1060. The Morgan fingerprint density at radius 3 is 2.53 bits per heavy atom. The summed E-state index contributed by atoms with van der Waals surface area (Å²) in [6, 6.07) is 6.44. The molecule has 3 heterocycles. The van der Waals surface area contributed by atoms with Crippen molar-refractivity contribution in [3.8, 4) is 0 Å². The van der Waals surface area contributed by atoms with Crippen LogP contribution in [0, 0.1) is 20.8 Å². The molecular formula is C24H31N3OS2. The number of aromatic nitrogens is 2. The Kier molecular flexibility index (Phi) is 6.96. The Morgan fingerprint density at radius 1 is 1.07 bits per heavy atom. The van der Waals surface area contributed by atoms with Gasteiger partial charge in [-0.3, -0.25) is 9.36 Å². The lowest BCUT2D eigenvalue weighted by Crippen LogP contribution is -2.32. The fourth-order valence-corrected chi connectivity index (χ4v) is 6.44. The van der Waals surface area contributed by atoms with E-state index in [4.69, 9.17) is 4.98 Å². The van der Waals surface area contributed by atoms with Gasteiger partial charge in [0.15, 0.2) is 5.16 Å². The molecule has 4 nitrogen and oxygen atoms in total. The first kappa shape index (κ1) is 21.6. The second-order valence-corrected chi connectivity index (χ2v) is 10.3. The summed E-state index contributed by atoms with van der Waals surface area (Å²) in [5, 5.41) is 2.82. The first-order chi connectivity index (χ1) is 14.5. The third-order valence-corrected chi connectivity index (χ3v) is 7.92. The van der Waals surface area contributed by atoms with Gasteiger partial charge < -0.3 is 4.90 Å². The van der Waals surface area contributed by atoms with Crippen LogP contribution in [0.15, 0.2) is 33.5 Å². The molecule has 0 N–H and O–H groups in total. The summed E-state index contributed by atoms with van der Waals surface area (Å²) >= 11 is 3.20. The monoisotopic (exact) mass is 441 g/mol. The molecule has 0 atom stereocenters. The Balaban J connectivity index is 1.55. The van der Waals surface area contributed by atoms with Crippen LogP contribution in [0.25, 0.3) is 10.2 Å². The molecule has 30 heavy (non-hydrogen) atoms. The minimum Gasteiger partial charge on any atom is -0.303 e. The van der Waals surface area contributed by atoms with Crippen molar-refractivity contribution in [1.82, 2.24) is 14.5 Å². The van der Waals surface area contributed by atoms with Gasteiger partial charge in [-0.2, -0.15) is 0 Å². The van der Waals surface area contributed by atoms with E-state index in [0.29, 0.717) is 0 Å². The van der Waals surface area contributed by atoms with Gasteiger partial charge in [-0.15, -0.1) is 11.3 Å². The van der Waals surface area contributed by atoms with Crippen LogP contribution in [0.4, 0.5) is 0 Å². The van der Waals surface area contributed by atoms with Crippen molar-refractivity contribution in [3.05, 3.63) is 56.2 Å². The molecule has 1 saturated heterocycles.